The van der Waals surface area contributed by atoms with Crippen molar-refractivity contribution >= 4 is 17.8 Å². The smallest absolute Gasteiger partial charge is 0.349 e. The van der Waals surface area contributed by atoms with Gasteiger partial charge in [0.1, 0.15) is 17.7 Å². The predicted molar refractivity (Wildman–Crippen MR) is 81.5 cm³/mol. The van der Waals surface area contributed by atoms with E-state index in [4.69, 9.17) is 9.47 Å². The Morgan fingerprint density at radius 3 is 2.67 bits per heavy atom. The highest BCUT2D eigenvalue weighted by atomic mass is 19.1. The second-order valence-electron chi connectivity index (χ2n) is 5.28. The number of carbonyl (C=O) groups excluding carboxylic acids is 2. The number of esters is 1. The van der Waals surface area contributed by atoms with Crippen LogP contribution < -0.4 is 5.32 Å². The summed E-state index contributed by atoms with van der Waals surface area (Å²) in [6.45, 7) is 3.69. The lowest BCUT2D eigenvalue weighted by molar-refractivity contribution is -0.150. The van der Waals surface area contributed by atoms with Crippen molar-refractivity contribution in [3.8, 4) is 0 Å². The van der Waals surface area contributed by atoms with Crippen LogP contribution in [0.2, 0.25) is 0 Å². The van der Waals surface area contributed by atoms with Gasteiger partial charge in [0.2, 0.25) is 17.9 Å². The van der Waals surface area contributed by atoms with Crippen LogP contribution in [0.25, 0.3) is 0 Å². The number of nitrogens with one attached hydrogen (secondary N) is 1. The van der Waals surface area contributed by atoms with Crippen molar-refractivity contribution in [3.63, 3.8) is 0 Å². The molecule has 0 radical (unpaired) electrons. The van der Waals surface area contributed by atoms with E-state index in [1.807, 2.05) is 0 Å². The van der Waals surface area contributed by atoms with Crippen LogP contribution in [0.15, 0.2) is 23.2 Å². The Morgan fingerprint density at radius 2 is 2.04 bits per heavy atom. The Kier molecular flexibility index (Phi) is 5.83. The molecule has 1 amide bonds. The maximum Gasteiger partial charge on any atom is 0.349 e. The van der Waals surface area contributed by atoms with Crippen molar-refractivity contribution in [2.75, 3.05) is 13.2 Å². The minimum absolute atomic E-state index is 0.128. The van der Waals surface area contributed by atoms with Gasteiger partial charge in [0.25, 0.3) is 0 Å². The predicted octanol–water partition coefficient (Wildman–Crippen LogP) is 1.37. The van der Waals surface area contributed by atoms with Crippen molar-refractivity contribution in [3.05, 3.63) is 35.4 Å². The lowest BCUT2D eigenvalue weighted by atomic mass is 10.1. The zero-order valence-electron chi connectivity index (χ0n) is 13.3. The molecular formula is C16H18F2N2O4. The second kappa shape index (κ2) is 7.85. The summed E-state index contributed by atoms with van der Waals surface area (Å²) in [6, 6.07) is 2.34. The number of amides is 1. The molecule has 1 aliphatic heterocycles. The van der Waals surface area contributed by atoms with Crippen LogP contribution in [0, 0.1) is 11.6 Å². The van der Waals surface area contributed by atoms with Crippen molar-refractivity contribution < 1.29 is 27.8 Å². The number of hydrogen-bond donors (Lipinski definition) is 1. The maximum absolute atomic E-state index is 13.1. The van der Waals surface area contributed by atoms with E-state index in [1.54, 1.807) is 13.8 Å². The Labute approximate surface area is 137 Å². The average Bonchev–Trinajstić information content (AvgIpc) is 2.96. The molecule has 1 N–H and O–H groups in total. The van der Waals surface area contributed by atoms with Gasteiger partial charge in [-0.1, -0.05) is 0 Å². The summed E-state index contributed by atoms with van der Waals surface area (Å²) in [6.07, 6.45) is -0.996. The van der Waals surface area contributed by atoms with E-state index in [0.29, 0.717) is 0 Å². The highest BCUT2D eigenvalue weighted by molar-refractivity contribution is 5.91. The molecule has 0 bridgehead atoms. The van der Waals surface area contributed by atoms with E-state index in [9.17, 15) is 18.4 Å². The van der Waals surface area contributed by atoms with Crippen molar-refractivity contribution in [1.82, 2.24) is 5.32 Å². The molecule has 0 saturated carbocycles. The van der Waals surface area contributed by atoms with Crippen LogP contribution in [-0.4, -0.2) is 43.1 Å². The highest BCUT2D eigenvalue weighted by Gasteiger charge is 2.31. The van der Waals surface area contributed by atoms with Gasteiger partial charge in [-0.05, 0) is 31.5 Å². The largest absolute Gasteiger partial charge is 0.463 e. The summed E-state index contributed by atoms with van der Waals surface area (Å²) >= 11 is 0. The van der Waals surface area contributed by atoms with Gasteiger partial charge in [-0.25, -0.2) is 18.6 Å². The summed E-state index contributed by atoms with van der Waals surface area (Å²) in [7, 11) is 0. The highest BCUT2D eigenvalue weighted by Crippen LogP contribution is 2.11. The normalized spacial score (nSPS) is 17.7. The molecule has 2 atom stereocenters. The van der Waals surface area contributed by atoms with E-state index in [-0.39, 0.29) is 31.0 Å². The second-order valence-corrected chi connectivity index (χ2v) is 5.28. The summed E-state index contributed by atoms with van der Waals surface area (Å²) in [4.78, 5) is 27.6. The van der Waals surface area contributed by atoms with Gasteiger partial charge in [0, 0.05) is 6.07 Å². The molecule has 1 aliphatic rings. The van der Waals surface area contributed by atoms with Crippen LogP contribution in [0.1, 0.15) is 19.4 Å². The molecule has 2 unspecified atom stereocenters. The van der Waals surface area contributed by atoms with E-state index in [0.717, 1.165) is 18.2 Å². The number of aliphatic imine (C=N–C) groups is 1. The average molecular weight is 340 g/mol. The number of benzene rings is 1. The molecule has 1 aromatic rings. The van der Waals surface area contributed by atoms with Crippen LogP contribution in [-0.2, 0) is 25.5 Å². The monoisotopic (exact) mass is 340 g/mol. The van der Waals surface area contributed by atoms with Crippen molar-refractivity contribution in [2.24, 2.45) is 4.99 Å². The molecule has 6 nitrogen and oxygen atoms in total. The molecule has 1 heterocycles. The third-order valence-electron chi connectivity index (χ3n) is 3.26. The molecule has 1 aromatic carbocycles. The quantitative estimate of drug-likeness (QED) is 0.794. The van der Waals surface area contributed by atoms with Crippen molar-refractivity contribution in [1.29, 1.82) is 0 Å². The van der Waals surface area contributed by atoms with Crippen LogP contribution in [0.5, 0.6) is 0 Å². The lowest BCUT2D eigenvalue weighted by Crippen LogP contribution is -2.40. The van der Waals surface area contributed by atoms with Crippen LogP contribution in [0.3, 0.4) is 0 Å². The molecule has 2 rings (SSSR count). The van der Waals surface area contributed by atoms with Gasteiger partial charge in [-0.3, -0.25) is 4.79 Å². The zero-order valence-corrected chi connectivity index (χ0v) is 13.3. The Balaban J connectivity index is 1.87. The molecule has 0 aliphatic carbocycles. The maximum atomic E-state index is 13.1. The van der Waals surface area contributed by atoms with Gasteiger partial charge in [0.05, 0.1) is 19.6 Å². The Morgan fingerprint density at radius 1 is 1.38 bits per heavy atom. The number of hydrogen-bond acceptors (Lipinski definition) is 5. The van der Waals surface area contributed by atoms with Gasteiger partial charge in [-0.2, -0.15) is 0 Å². The van der Waals surface area contributed by atoms with E-state index in [2.05, 4.69) is 10.3 Å². The number of ether oxygens (including phenoxy) is 2. The molecule has 8 heteroatoms. The first kappa shape index (κ1) is 17.8. The van der Waals surface area contributed by atoms with Gasteiger partial charge >= 0.3 is 5.97 Å². The van der Waals surface area contributed by atoms with Crippen LogP contribution in [0.4, 0.5) is 8.78 Å². The van der Waals surface area contributed by atoms with Crippen molar-refractivity contribution in [2.45, 2.75) is 32.4 Å². The van der Waals surface area contributed by atoms with E-state index >= 15 is 0 Å². The topological polar surface area (TPSA) is 77.0 Å². The first-order valence-electron chi connectivity index (χ1n) is 7.51. The van der Waals surface area contributed by atoms with E-state index < -0.39 is 35.7 Å². The minimum Gasteiger partial charge on any atom is -0.463 e. The standard InChI is InChI=1S/C16H18F2N2O4/c1-3-23-16(22)13-8-19-15(24-13)9(2)20-14(21)6-10-4-11(17)7-12(18)5-10/h4-5,7,9,13H,3,6,8H2,1-2H3,(H,20,21). The zero-order chi connectivity index (χ0) is 17.7. The van der Waals surface area contributed by atoms with Gasteiger partial charge in [-0.15, -0.1) is 0 Å². The number of halogens is 2. The molecule has 130 valence electrons. The third kappa shape index (κ3) is 4.74. The van der Waals surface area contributed by atoms with Gasteiger partial charge < -0.3 is 14.8 Å². The number of carbonyl (C=O) groups is 2. The fourth-order valence-corrected chi connectivity index (χ4v) is 2.24. The molecule has 0 saturated heterocycles. The number of nitrogens with zero attached hydrogens (tertiary/aromatic N) is 1. The summed E-state index contributed by atoms with van der Waals surface area (Å²) in [5, 5.41) is 2.61. The molecular weight excluding hydrogens is 322 g/mol. The first-order chi connectivity index (χ1) is 11.4. The minimum atomic E-state index is -0.809. The fraction of sp³-hybridized carbons (Fsp3) is 0.438. The lowest BCUT2D eigenvalue weighted by Gasteiger charge is -2.16. The number of rotatable bonds is 6. The SMILES string of the molecule is CCOC(=O)C1CN=C(C(C)NC(=O)Cc2cc(F)cc(F)c2)O1. The Hall–Kier alpha value is -2.51. The molecule has 24 heavy (non-hydrogen) atoms. The first-order valence-corrected chi connectivity index (χ1v) is 7.51. The fourth-order valence-electron chi connectivity index (χ4n) is 2.24. The summed E-state index contributed by atoms with van der Waals surface area (Å²) in [5.74, 6) is -2.23. The molecule has 0 fully saturated rings. The third-order valence-corrected chi connectivity index (χ3v) is 3.26. The van der Waals surface area contributed by atoms with Crippen LogP contribution >= 0.6 is 0 Å². The Bertz CT molecular complexity index is 643. The molecule has 0 aromatic heterocycles. The summed E-state index contributed by atoms with van der Waals surface area (Å²) in [5.41, 5.74) is 0.218. The summed E-state index contributed by atoms with van der Waals surface area (Å²) < 4.78 is 36.4. The molecule has 0 spiro atoms. The van der Waals surface area contributed by atoms with Gasteiger partial charge in [0.15, 0.2) is 0 Å². The van der Waals surface area contributed by atoms with E-state index in [1.165, 1.54) is 0 Å².